The number of rotatable bonds is 3. The monoisotopic (exact) mass is 255 g/mol. The first-order valence-electron chi connectivity index (χ1n) is 5.43. The van der Waals surface area contributed by atoms with Crippen LogP contribution in [0.2, 0.25) is 0 Å². The zero-order chi connectivity index (χ0) is 12.4. The van der Waals surface area contributed by atoms with E-state index in [1.54, 1.807) is 25.1 Å². The van der Waals surface area contributed by atoms with Crippen molar-refractivity contribution in [1.29, 1.82) is 0 Å². The number of thioether (sulfide) groups is 1. The number of nitrogens with zero attached hydrogens (tertiary/aromatic N) is 1. The predicted octanol–water partition coefficient (Wildman–Crippen LogP) is 1.78. The zero-order valence-corrected chi connectivity index (χ0v) is 10.3. The molecule has 1 aliphatic heterocycles. The van der Waals surface area contributed by atoms with Gasteiger partial charge < -0.3 is 10.0 Å². The van der Waals surface area contributed by atoms with E-state index >= 15 is 0 Å². The molecule has 0 aliphatic carbocycles. The van der Waals surface area contributed by atoms with Gasteiger partial charge in [0.05, 0.1) is 11.9 Å². The van der Waals surface area contributed by atoms with Crippen LogP contribution in [0.4, 0.5) is 4.39 Å². The molecule has 1 saturated heterocycles. The highest BCUT2D eigenvalue weighted by molar-refractivity contribution is 8.00. The maximum atomic E-state index is 13.7. The van der Waals surface area contributed by atoms with Gasteiger partial charge in [0.1, 0.15) is 11.2 Å². The lowest BCUT2D eigenvalue weighted by atomic mass is 10.2. The molecule has 0 radical (unpaired) electrons. The Hall–Kier alpha value is -1.07. The van der Waals surface area contributed by atoms with Crippen molar-refractivity contribution in [2.24, 2.45) is 0 Å². The summed E-state index contributed by atoms with van der Waals surface area (Å²) >= 11 is 1.39. The number of carbonyl (C=O) groups excluding carboxylic acids is 1. The number of amides is 1. The Bertz CT molecular complexity index is 425. The second-order valence-corrected chi connectivity index (χ2v) is 5.15. The lowest BCUT2D eigenvalue weighted by molar-refractivity contribution is -0.129. The maximum Gasteiger partial charge on any atom is 0.233 e. The second kappa shape index (κ2) is 5.06. The van der Waals surface area contributed by atoms with Gasteiger partial charge in [-0.1, -0.05) is 18.2 Å². The second-order valence-electron chi connectivity index (χ2n) is 4.08. The molecular weight excluding hydrogens is 241 g/mol. The van der Waals surface area contributed by atoms with Gasteiger partial charge in [-0.15, -0.1) is 11.8 Å². The Morgan fingerprint density at radius 3 is 2.94 bits per heavy atom. The first kappa shape index (κ1) is 12.4. The molecule has 1 heterocycles. The summed E-state index contributed by atoms with van der Waals surface area (Å²) in [6.07, 6.45) is -0.605. The number of hydrogen-bond donors (Lipinski definition) is 1. The van der Waals surface area contributed by atoms with Crippen LogP contribution in [0.1, 0.15) is 17.9 Å². The molecule has 2 atom stereocenters. The topological polar surface area (TPSA) is 40.5 Å². The van der Waals surface area contributed by atoms with E-state index in [2.05, 4.69) is 0 Å². The van der Waals surface area contributed by atoms with Crippen LogP contribution < -0.4 is 0 Å². The standard InChI is InChI=1S/C12H14FNO2S/c1-8(15)6-14-11(16)7-17-12(14)9-4-2-3-5-10(9)13/h2-5,8,12,15H,6-7H2,1H3/t8-,12+/m1/s1. The SMILES string of the molecule is C[C@@H](O)CN1C(=O)CS[C@H]1c1ccccc1F. The fraction of sp³-hybridized carbons (Fsp3) is 0.417. The van der Waals surface area contributed by atoms with E-state index in [0.29, 0.717) is 11.3 Å². The third-order valence-corrected chi connectivity index (χ3v) is 3.84. The third kappa shape index (κ3) is 2.61. The highest BCUT2D eigenvalue weighted by atomic mass is 32.2. The van der Waals surface area contributed by atoms with Crippen molar-refractivity contribution in [2.45, 2.75) is 18.4 Å². The van der Waals surface area contributed by atoms with Crippen molar-refractivity contribution in [3.05, 3.63) is 35.6 Å². The molecule has 3 nitrogen and oxygen atoms in total. The van der Waals surface area contributed by atoms with Gasteiger partial charge >= 0.3 is 0 Å². The lowest BCUT2D eigenvalue weighted by Gasteiger charge is -2.25. The molecule has 0 bridgehead atoms. The van der Waals surface area contributed by atoms with Crippen molar-refractivity contribution in [1.82, 2.24) is 4.90 Å². The van der Waals surface area contributed by atoms with E-state index in [4.69, 9.17) is 0 Å². The van der Waals surface area contributed by atoms with E-state index in [-0.39, 0.29) is 23.6 Å². The number of aliphatic hydroxyl groups is 1. The van der Waals surface area contributed by atoms with Gasteiger partial charge in [0.15, 0.2) is 0 Å². The van der Waals surface area contributed by atoms with Crippen molar-refractivity contribution >= 4 is 17.7 Å². The fourth-order valence-electron chi connectivity index (χ4n) is 1.87. The molecular formula is C12H14FNO2S. The molecule has 1 aromatic carbocycles. The van der Waals surface area contributed by atoms with E-state index < -0.39 is 6.10 Å². The van der Waals surface area contributed by atoms with Gasteiger partial charge in [0.25, 0.3) is 0 Å². The van der Waals surface area contributed by atoms with Crippen LogP contribution in [0.5, 0.6) is 0 Å². The van der Waals surface area contributed by atoms with Crippen molar-refractivity contribution in [3.8, 4) is 0 Å². The number of benzene rings is 1. The van der Waals surface area contributed by atoms with Crippen molar-refractivity contribution in [3.63, 3.8) is 0 Å². The minimum absolute atomic E-state index is 0.0517. The largest absolute Gasteiger partial charge is 0.392 e. The Kier molecular flexibility index (Phi) is 3.69. The Morgan fingerprint density at radius 2 is 2.29 bits per heavy atom. The number of β-amino-alcohol motifs (C(OH)–C–C–N with tert-alkyl or cyclic N) is 1. The average Bonchev–Trinajstić information content (AvgIpc) is 2.61. The highest BCUT2D eigenvalue weighted by Crippen LogP contribution is 2.39. The molecule has 0 aromatic heterocycles. The molecule has 5 heteroatoms. The van der Waals surface area contributed by atoms with Crippen molar-refractivity contribution in [2.75, 3.05) is 12.3 Å². The lowest BCUT2D eigenvalue weighted by Crippen LogP contribution is -2.34. The maximum absolute atomic E-state index is 13.7. The van der Waals surface area contributed by atoms with E-state index in [0.717, 1.165) is 0 Å². The predicted molar refractivity (Wildman–Crippen MR) is 65.0 cm³/mol. The van der Waals surface area contributed by atoms with E-state index in [1.807, 2.05) is 0 Å². The van der Waals surface area contributed by atoms with Crippen LogP contribution in [0.3, 0.4) is 0 Å². The molecule has 1 amide bonds. The van der Waals surface area contributed by atoms with Gasteiger partial charge in [0, 0.05) is 12.1 Å². The summed E-state index contributed by atoms with van der Waals surface area (Å²) in [5.74, 6) is -0.0226. The number of halogens is 1. The van der Waals surface area contributed by atoms with Crippen LogP contribution in [0, 0.1) is 5.82 Å². The third-order valence-electron chi connectivity index (χ3n) is 2.60. The molecule has 1 fully saturated rings. The minimum atomic E-state index is -0.605. The summed E-state index contributed by atoms with van der Waals surface area (Å²) in [6.45, 7) is 1.86. The summed E-state index contributed by atoms with van der Waals surface area (Å²) in [7, 11) is 0. The smallest absolute Gasteiger partial charge is 0.233 e. The molecule has 92 valence electrons. The van der Waals surface area contributed by atoms with Crippen LogP contribution in [0.15, 0.2) is 24.3 Å². The van der Waals surface area contributed by atoms with E-state index in [9.17, 15) is 14.3 Å². The molecule has 0 unspecified atom stereocenters. The van der Waals surface area contributed by atoms with Crippen LogP contribution in [-0.4, -0.2) is 34.3 Å². The van der Waals surface area contributed by atoms with Crippen LogP contribution in [0.25, 0.3) is 0 Å². The van der Waals surface area contributed by atoms with Gasteiger partial charge in [-0.05, 0) is 13.0 Å². The van der Waals surface area contributed by atoms with Gasteiger partial charge in [-0.25, -0.2) is 4.39 Å². The molecule has 0 spiro atoms. The summed E-state index contributed by atoms with van der Waals surface area (Å²) in [6, 6.07) is 6.45. The summed E-state index contributed by atoms with van der Waals surface area (Å²) in [5, 5.41) is 9.05. The minimum Gasteiger partial charge on any atom is -0.392 e. The first-order valence-corrected chi connectivity index (χ1v) is 6.48. The van der Waals surface area contributed by atoms with Crippen LogP contribution >= 0.6 is 11.8 Å². The molecule has 2 rings (SSSR count). The van der Waals surface area contributed by atoms with Crippen molar-refractivity contribution < 1.29 is 14.3 Å². The molecule has 1 aromatic rings. The highest BCUT2D eigenvalue weighted by Gasteiger charge is 2.34. The average molecular weight is 255 g/mol. The normalized spacial score (nSPS) is 21.9. The first-order chi connectivity index (χ1) is 8.09. The van der Waals surface area contributed by atoms with Gasteiger partial charge in [0.2, 0.25) is 5.91 Å². The zero-order valence-electron chi connectivity index (χ0n) is 9.47. The Morgan fingerprint density at radius 1 is 1.59 bits per heavy atom. The summed E-state index contributed by atoms with van der Waals surface area (Å²) in [4.78, 5) is 13.2. The Balaban J connectivity index is 2.25. The number of carbonyl (C=O) groups is 1. The Labute approximate surface area is 104 Å². The number of aliphatic hydroxyl groups excluding tert-OH is 1. The van der Waals surface area contributed by atoms with Gasteiger partial charge in [-0.2, -0.15) is 0 Å². The summed E-state index contributed by atoms with van der Waals surface area (Å²) in [5.41, 5.74) is 0.504. The molecule has 0 saturated carbocycles. The van der Waals surface area contributed by atoms with E-state index in [1.165, 1.54) is 22.7 Å². The van der Waals surface area contributed by atoms with Crippen LogP contribution in [-0.2, 0) is 4.79 Å². The summed E-state index contributed by atoms with van der Waals surface area (Å²) < 4.78 is 13.7. The van der Waals surface area contributed by atoms with Gasteiger partial charge in [-0.3, -0.25) is 4.79 Å². The molecule has 1 aliphatic rings. The fourth-order valence-corrected chi connectivity index (χ4v) is 3.09. The number of hydrogen-bond acceptors (Lipinski definition) is 3. The molecule has 1 N–H and O–H groups in total. The molecule has 17 heavy (non-hydrogen) atoms. The quantitative estimate of drug-likeness (QED) is 0.895.